The second-order valence-electron chi connectivity index (χ2n) is 5.90. The van der Waals surface area contributed by atoms with E-state index >= 15 is 0 Å². The lowest BCUT2D eigenvalue weighted by Crippen LogP contribution is -2.14. The van der Waals surface area contributed by atoms with Gasteiger partial charge in [0.25, 0.3) is 0 Å². The van der Waals surface area contributed by atoms with Gasteiger partial charge in [-0.2, -0.15) is 0 Å². The van der Waals surface area contributed by atoms with Gasteiger partial charge in [0.15, 0.2) is 0 Å². The molecule has 0 radical (unpaired) electrons. The first-order valence-electron chi connectivity index (χ1n) is 7.85. The number of aryl methyl sites for hydroxylation is 4. The fraction of sp³-hybridized carbons (Fsp3) is 0.278. The maximum absolute atomic E-state index is 6.63. The number of nitrogens with zero attached hydrogens (tertiary/aromatic N) is 4. The number of benzene rings is 1. The maximum atomic E-state index is 6.63. The summed E-state index contributed by atoms with van der Waals surface area (Å²) in [5, 5.41) is 9.17. The van der Waals surface area contributed by atoms with Gasteiger partial charge in [-0.15, -0.1) is 10.2 Å². The van der Waals surface area contributed by atoms with Crippen LogP contribution in [0.25, 0.3) is 16.8 Å². The summed E-state index contributed by atoms with van der Waals surface area (Å²) in [6.07, 6.45) is 6.61. The zero-order chi connectivity index (χ0) is 16.0. The molecule has 0 bridgehead atoms. The van der Waals surface area contributed by atoms with Crippen molar-refractivity contribution in [3.05, 3.63) is 58.4 Å². The van der Waals surface area contributed by atoms with Crippen molar-refractivity contribution in [2.45, 2.75) is 33.1 Å². The number of hydrogen-bond acceptors (Lipinski definition) is 3. The van der Waals surface area contributed by atoms with Crippen molar-refractivity contribution in [2.24, 2.45) is 0 Å². The van der Waals surface area contributed by atoms with E-state index in [4.69, 9.17) is 11.6 Å². The molecular weight excluding hydrogens is 308 g/mol. The van der Waals surface area contributed by atoms with Crippen molar-refractivity contribution in [2.75, 3.05) is 0 Å². The molecule has 1 aliphatic heterocycles. The minimum Gasteiger partial charge on any atom is -0.281 e. The normalized spacial score (nSPS) is 12.8. The molecule has 116 valence electrons. The monoisotopic (exact) mass is 324 g/mol. The molecule has 0 fully saturated rings. The van der Waals surface area contributed by atoms with Gasteiger partial charge in [-0.25, -0.2) is 0 Å². The molecule has 1 aliphatic rings. The highest BCUT2D eigenvalue weighted by Crippen LogP contribution is 2.35. The molecule has 0 N–H and O–H groups in total. The number of halogens is 1. The maximum Gasteiger partial charge on any atom is 0.137 e. The Morgan fingerprint density at radius 2 is 1.96 bits per heavy atom. The van der Waals surface area contributed by atoms with E-state index in [1.807, 2.05) is 25.4 Å². The summed E-state index contributed by atoms with van der Waals surface area (Å²) in [6, 6.07) is 6.43. The highest BCUT2D eigenvalue weighted by Gasteiger charge is 2.22. The molecule has 0 aliphatic carbocycles. The van der Waals surface area contributed by atoms with Crippen LogP contribution in [0.1, 0.15) is 29.7 Å². The molecule has 3 heterocycles. The second kappa shape index (κ2) is 5.46. The second-order valence-corrected chi connectivity index (χ2v) is 6.31. The van der Waals surface area contributed by atoms with Crippen LogP contribution in [0, 0.1) is 6.92 Å². The summed E-state index contributed by atoms with van der Waals surface area (Å²) in [5.41, 5.74) is 5.72. The van der Waals surface area contributed by atoms with E-state index in [1.165, 1.54) is 11.1 Å². The van der Waals surface area contributed by atoms with Crippen LogP contribution >= 0.6 is 11.6 Å². The zero-order valence-corrected chi connectivity index (χ0v) is 13.9. The first kappa shape index (κ1) is 14.4. The lowest BCUT2D eigenvalue weighted by molar-refractivity contribution is 0.767. The topological polar surface area (TPSA) is 43.6 Å². The van der Waals surface area contributed by atoms with E-state index in [0.717, 1.165) is 52.7 Å². The van der Waals surface area contributed by atoms with E-state index in [0.29, 0.717) is 0 Å². The summed E-state index contributed by atoms with van der Waals surface area (Å²) >= 11 is 6.63. The molecule has 4 rings (SSSR count). The fourth-order valence-corrected chi connectivity index (χ4v) is 3.53. The molecule has 0 saturated heterocycles. The van der Waals surface area contributed by atoms with Crippen molar-refractivity contribution in [1.29, 1.82) is 0 Å². The molecular formula is C18H17ClN4. The van der Waals surface area contributed by atoms with Crippen molar-refractivity contribution in [1.82, 2.24) is 19.7 Å². The van der Waals surface area contributed by atoms with Gasteiger partial charge < -0.3 is 0 Å². The average Bonchev–Trinajstić information content (AvgIpc) is 2.96. The van der Waals surface area contributed by atoms with Crippen LogP contribution in [0.2, 0.25) is 5.02 Å². The van der Waals surface area contributed by atoms with Gasteiger partial charge in [-0.1, -0.05) is 18.5 Å². The average molecular weight is 325 g/mol. The third kappa shape index (κ3) is 2.34. The largest absolute Gasteiger partial charge is 0.281 e. The van der Waals surface area contributed by atoms with E-state index in [1.54, 1.807) is 0 Å². The third-order valence-corrected chi connectivity index (χ3v) is 4.70. The first-order valence-corrected chi connectivity index (χ1v) is 8.23. The minimum atomic E-state index is 0.739. The fourth-order valence-electron chi connectivity index (χ4n) is 3.21. The summed E-state index contributed by atoms with van der Waals surface area (Å²) in [7, 11) is 0. The van der Waals surface area contributed by atoms with Gasteiger partial charge in [0.1, 0.15) is 11.6 Å². The Morgan fingerprint density at radius 1 is 1.09 bits per heavy atom. The Morgan fingerprint density at radius 3 is 2.78 bits per heavy atom. The Bertz CT molecular complexity index is 898. The van der Waals surface area contributed by atoms with E-state index in [2.05, 4.69) is 38.8 Å². The highest BCUT2D eigenvalue weighted by atomic mass is 35.5. The molecule has 3 aromatic rings. The van der Waals surface area contributed by atoms with Gasteiger partial charge in [0.2, 0.25) is 0 Å². The van der Waals surface area contributed by atoms with Crippen LogP contribution in [0.5, 0.6) is 0 Å². The van der Waals surface area contributed by atoms with E-state index in [9.17, 15) is 0 Å². The highest BCUT2D eigenvalue weighted by molar-refractivity contribution is 6.33. The van der Waals surface area contributed by atoms with Crippen LogP contribution in [0.15, 0.2) is 30.6 Å². The number of fused-ring (bicyclic) bond motifs is 3. The van der Waals surface area contributed by atoms with Gasteiger partial charge in [-0.05, 0) is 54.7 Å². The number of rotatable bonds is 2. The standard InChI is InChI=1S/C18H17ClN4/c1-3-12-6-15(10-20-9-12)14-7-13-4-5-17-22-21-11(2)23(17)18(13)16(19)8-14/h6-10H,3-5H2,1-2H3. The minimum absolute atomic E-state index is 0.739. The smallest absolute Gasteiger partial charge is 0.137 e. The molecule has 0 saturated carbocycles. The van der Waals surface area contributed by atoms with Crippen LogP contribution in [0.3, 0.4) is 0 Å². The van der Waals surface area contributed by atoms with Crippen LogP contribution in [0.4, 0.5) is 0 Å². The first-order chi connectivity index (χ1) is 11.2. The summed E-state index contributed by atoms with van der Waals surface area (Å²) in [4.78, 5) is 4.35. The quantitative estimate of drug-likeness (QED) is 0.717. The van der Waals surface area contributed by atoms with Crippen LogP contribution in [-0.4, -0.2) is 19.7 Å². The van der Waals surface area contributed by atoms with E-state index < -0.39 is 0 Å². The summed E-state index contributed by atoms with van der Waals surface area (Å²) < 4.78 is 2.08. The van der Waals surface area contributed by atoms with Crippen molar-refractivity contribution in [3.63, 3.8) is 0 Å². The van der Waals surface area contributed by atoms with Gasteiger partial charge in [0.05, 0.1) is 10.7 Å². The number of hydrogen-bond donors (Lipinski definition) is 0. The Kier molecular flexibility index (Phi) is 3.42. The lowest BCUT2D eigenvalue weighted by Gasteiger charge is -2.21. The van der Waals surface area contributed by atoms with Crippen molar-refractivity contribution in [3.8, 4) is 16.8 Å². The SMILES string of the molecule is CCc1cncc(-c2cc(Cl)c3c(c2)CCc2nnc(C)n2-3)c1. The van der Waals surface area contributed by atoms with Crippen LogP contribution in [-0.2, 0) is 19.3 Å². The van der Waals surface area contributed by atoms with Gasteiger partial charge in [-0.3, -0.25) is 9.55 Å². The lowest BCUT2D eigenvalue weighted by atomic mass is 9.97. The zero-order valence-electron chi connectivity index (χ0n) is 13.2. The predicted molar refractivity (Wildman–Crippen MR) is 91.1 cm³/mol. The predicted octanol–water partition coefficient (Wildman–Crippen LogP) is 3.95. The molecule has 0 unspecified atom stereocenters. The van der Waals surface area contributed by atoms with Crippen molar-refractivity contribution < 1.29 is 0 Å². The molecule has 1 aromatic carbocycles. The Hall–Kier alpha value is -2.20. The molecule has 0 spiro atoms. The molecule has 0 amide bonds. The summed E-state index contributed by atoms with van der Waals surface area (Å²) in [5.74, 6) is 1.87. The molecule has 0 atom stereocenters. The van der Waals surface area contributed by atoms with Crippen molar-refractivity contribution >= 4 is 11.6 Å². The summed E-state index contributed by atoms with van der Waals surface area (Å²) in [6.45, 7) is 4.10. The Labute approximate surface area is 140 Å². The third-order valence-electron chi connectivity index (χ3n) is 4.41. The van der Waals surface area contributed by atoms with Gasteiger partial charge in [0, 0.05) is 24.4 Å². The van der Waals surface area contributed by atoms with Crippen LogP contribution < -0.4 is 0 Å². The Balaban J connectivity index is 1.88. The van der Waals surface area contributed by atoms with E-state index in [-0.39, 0.29) is 0 Å². The van der Waals surface area contributed by atoms with Gasteiger partial charge >= 0.3 is 0 Å². The molecule has 4 nitrogen and oxygen atoms in total. The molecule has 5 heteroatoms. The molecule has 23 heavy (non-hydrogen) atoms. The number of pyridine rings is 1. The number of aromatic nitrogens is 4. The molecule has 2 aromatic heterocycles.